The first-order valence-electron chi connectivity index (χ1n) is 8.58. The highest BCUT2D eigenvalue weighted by Crippen LogP contribution is 2.32. The van der Waals surface area contributed by atoms with E-state index in [1.807, 2.05) is 18.3 Å². The van der Waals surface area contributed by atoms with E-state index in [9.17, 15) is 0 Å². The molecule has 8 nitrogen and oxygen atoms in total. The zero-order chi connectivity index (χ0) is 18.5. The molecule has 0 amide bonds. The molecule has 6 heterocycles. The lowest BCUT2D eigenvalue weighted by molar-refractivity contribution is 1.09. The monoisotopic (exact) mass is 384 g/mol. The van der Waals surface area contributed by atoms with Gasteiger partial charge in [-0.25, -0.2) is 9.97 Å². The molecule has 0 aromatic carbocycles. The van der Waals surface area contributed by atoms with E-state index in [0.717, 1.165) is 50.1 Å². The molecule has 0 unspecified atom stereocenters. The second kappa shape index (κ2) is 5.83. The summed E-state index contributed by atoms with van der Waals surface area (Å²) in [6.07, 6.45) is 7.12. The Labute approximate surface area is 161 Å². The Kier molecular flexibility index (Phi) is 3.17. The first kappa shape index (κ1) is 15.2. The van der Waals surface area contributed by atoms with E-state index in [-0.39, 0.29) is 0 Å². The minimum Gasteiger partial charge on any atom is -0.321 e. The van der Waals surface area contributed by atoms with Crippen LogP contribution in [0, 0.1) is 0 Å². The summed E-state index contributed by atoms with van der Waals surface area (Å²) in [5.74, 6) is 0.667. The molecule has 0 aliphatic rings. The summed E-state index contributed by atoms with van der Waals surface area (Å²) in [7, 11) is 0. The van der Waals surface area contributed by atoms with E-state index >= 15 is 0 Å². The van der Waals surface area contributed by atoms with Crippen molar-refractivity contribution in [3.05, 3.63) is 53.7 Å². The van der Waals surface area contributed by atoms with Crippen molar-refractivity contribution in [2.45, 2.75) is 0 Å². The van der Waals surface area contributed by atoms with E-state index in [0.29, 0.717) is 5.82 Å². The van der Waals surface area contributed by atoms with Crippen LogP contribution in [0.5, 0.6) is 0 Å². The number of aromatic amines is 3. The van der Waals surface area contributed by atoms with Gasteiger partial charge < -0.3 is 4.98 Å². The molecule has 0 aliphatic carbocycles. The molecule has 6 aromatic heterocycles. The van der Waals surface area contributed by atoms with E-state index in [1.165, 1.54) is 0 Å². The van der Waals surface area contributed by atoms with Gasteiger partial charge >= 0.3 is 0 Å². The van der Waals surface area contributed by atoms with Crippen molar-refractivity contribution >= 4 is 33.4 Å². The summed E-state index contributed by atoms with van der Waals surface area (Å²) in [5, 5.41) is 19.4. The van der Waals surface area contributed by atoms with Gasteiger partial charge in [0.15, 0.2) is 11.5 Å². The molecule has 0 saturated heterocycles. The molecule has 6 aromatic rings. The third kappa shape index (κ3) is 2.26. The number of hydrogen-bond donors (Lipinski definition) is 3. The quantitative estimate of drug-likeness (QED) is 0.427. The number of imidazole rings is 1. The van der Waals surface area contributed by atoms with Crippen molar-refractivity contribution < 1.29 is 0 Å². The van der Waals surface area contributed by atoms with Gasteiger partial charge in [-0.2, -0.15) is 21.5 Å². The highest BCUT2D eigenvalue weighted by atomic mass is 32.1. The summed E-state index contributed by atoms with van der Waals surface area (Å²) in [6.45, 7) is 0. The second-order valence-corrected chi connectivity index (χ2v) is 7.11. The Morgan fingerprint density at radius 3 is 2.89 bits per heavy atom. The van der Waals surface area contributed by atoms with Crippen LogP contribution in [0.25, 0.3) is 56.0 Å². The molecule has 0 radical (unpaired) electrons. The molecule has 0 atom stereocenters. The molecule has 134 valence electrons. The second-order valence-electron chi connectivity index (χ2n) is 6.33. The fraction of sp³-hybridized carbons (Fsp3) is 0. The molecule has 0 aliphatic heterocycles. The van der Waals surface area contributed by atoms with Crippen LogP contribution in [0.1, 0.15) is 0 Å². The minimum absolute atomic E-state index is 0.667. The Bertz CT molecular complexity index is 1410. The summed E-state index contributed by atoms with van der Waals surface area (Å²) in [5.41, 5.74) is 7.06. The van der Waals surface area contributed by atoms with Crippen LogP contribution in [0.3, 0.4) is 0 Å². The highest BCUT2D eigenvalue weighted by molar-refractivity contribution is 7.08. The van der Waals surface area contributed by atoms with Crippen LogP contribution in [-0.2, 0) is 0 Å². The number of nitrogens with one attached hydrogen (secondary N) is 3. The van der Waals surface area contributed by atoms with Crippen LogP contribution in [0.4, 0.5) is 0 Å². The van der Waals surface area contributed by atoms with Crippen molar-refractivity contribution in [1.82, 2.24) is 40.3 Å². The Morgan fingerprint density at radius 2 is 2.04 bits per heavy atom. The topological polar surface area (TPSA) is 112 Å². The lowest BCUT2D eigenvalue weighted by Crippen LogP contribution is -1.84. The van der Waals surface area contributed by atoms with Crippen LogP contribution >= 0.6 is 11.3 Å². The molecule has 0 fully saturated rings. The Morgan fingerprint density at radius 1 is 1.04 bits per heavy atom. The number of aromatic nitrogens is 8. The van der Waals surface area contributed by atoms with Gasteiger partial charge in [0.1, 0.15) is 11.2 Å². The van der Waals surface area contributed by atoms with Crippen LogP contribution in [-0.4, -0.2) is 40.3 Å². The van der Waals surface area contributed by atoms with Crippen molar-refractivity contribution in [1.29, 1.82) is 0 Å². The van der Waals surface area contributed by atoms with E-state index < -0.39 is 0 Å². The Hall–Kier alpha value is -3.85. The lowest BCUT2D eigenvalue weighted by atomic mass is 10.1. The van der Waals surface area contributed by atoms with Crippen molar-refractivity contribution in [3.8, 4) is 33.9 Å². The van der Waals surface area contributed by atoms with E-state index in [4.69, 9.17) is 4.98 Å². The predicted octanol–water partition coefficient (Wildman–Crippen LogP) is 4.01. The molecule has 0 saturated carbocycles. The first-order chi connectivity index (χ1) is 13.9. The fourth-order valence-electron chi connectivity index (χ4n) is 3.32. The zero-order valence-corrected chi connectivity index (χ0v) is 15.2. The molecule has 3 N–H and O–H groups in total. The maximum Gasteiger partial charge on any atom is 0.160 e. The molecular formula is C19H12N8S. The SMILES string of the molecule is c1cc(-c2ccsc2)c2nc(-c3n[nH]c4cnc(-c5cn[nH]c5)cc34)[nH]c2n1. The lowest BCUT2D eigenvalue weighted by Gasteiger charge is -1.97. The number of H-pyrrole nitrogens is 3. The standard InChI is InChI=1S/C19H12N8S/c1-3-20-18-16(12(1)10-2-4-28-9-10)24-19(25-18)17-13-5-14(11-6-22-23-7-11)21-8-15(13)26-27-17/h1-9H,(H,22,23)(H,26,27)(H,20,24,25). The zero-order valence-electron chi connectivity index (χ0n) is 14.3. The van der Waals surface area contributed by atoms with E-state index in [2.05, 4.69) is 52.2 Å². The number of rotatable bonds is 3. The first-order valence-corrected chi connectivity index (χ1v) is 9.52. The molecule has 0 spiro atoms. The van der Waals surface area contributed by atoms with Crippen molar-refractivity contribution in [2.24, 2.45) is 0 Å². The summed E-state index contributed by atoms with van der Waals surface area (Å²) in [6, 6.07) is 6.05. The predicted molar refractivity (Wildman–Crippen MR) is 108 cm³/mol. The molecular weight excluding hydrogens is 372 g/mol. The number of nitrogens with zero attached hydrogens (tertiary/aromatic N) is 5. The summed E-state index contributed by atoms with van der Waals surface area (Å²) < 4.78 is 0. The van der Waals surface area contributed by atoms with Gasteiger partial charge in [0, 0.05) is 28.9 Å². The minimum atomic E-state index is 0.667. The van der Waals surface area contributed by atoms with Crippen LogP contribution in [0.2, 0.25) is 0 Å². The van der Waals surface area contributed by atoms with Crippen molar-refractivity contribution in [2.75, 3.05) is 0 Å². The molecule has 9 heteroatoms. The maximum atomic E-state index is 4.82. The van der Waals surface area contributed by atoms with Crippen LogP contribution in [0.15, 0.2) is 53.7 Å². The molecule has 0 bridgehead atoms. The third-order valence-corrected chi connectivity index (χ3v) is 5.37. The number of pyridine rings is 2. The van der Waals surface area contributed by atoms with Gasteiger partial charge in [-0.05, 0) is 34.5 Å². The van der Waals surface area contributed by atoms with Crippen LogP contribution < -0.4 is 0 Å². The van der Waals surface area contributed by atoms with Gasteiger partial charge in [-0.3, -0.25) is 15.2 Å². The Balaban J connectivity index is 1.55. The average Bonchev–Trinajstić information content (AvgIpc) is 3.53. The van der Waals surface area contributed by atoms with Gasteiger partial charge in [0.25, 0.3) is 0 Å². The fourth-order valence-corrected chi connectivity index (χ4v) is 3.98. The number of fused-ring (bicyclic) bond motifs is 2. The van der Waals surface area contributed by atoms with Gasteiger partial charge in [-0.15, -0.1) is 0 Å². The molecule has 6 rings (SSSR count). The van der Waals surface area contributed by atoms with Gasteiger partial charge in [0.05, 0.1) is 23.6 Å². The third-order valence-electron chi connectivity index (χ3n) is 4.68. The summed E-state index contributed by atoms with van der Waals surface area (Å²) >= 11 is 1.66. The smallest absolute Gasteiger partial charge is 0.160 e. The van der Waals surface area contributed by atoms with Crippen molar-refractivity contribution in [3.63, 3.8) is 0 Å². The normalized spacial score (nSPS) is 11.6. The number of hydrogen-bond acceptors (Lipinski definition) is 6. The van der Waals surface area contributed by atoms with E-state index in [1.54, 1.807) is 29.9 Å². The van der Waals surface area contributed by atoms with Gasteiger partial charge in [0.2, 0.25) is 0 Å². The maximum absolute atomic E-state index is 4.82. The highest BCUT2D eigenvalue weighted by Gasteiger charge is 2.17. The van der Waals surface area contributed by atoms with Gasteiger partial charge in [-0.1, -0.05) is 0 Å². The summed E-state index contributed by atoms with van der Waals surface area (Å²) in [4.78, 5) is 17.0. The largest absolute Gasteiger partial charge is 0.321 e. The number of thiophene rings is 1. The average molecular weight is 384 g/mol. The molecule has 28 heavy (non-hydrogen) atoms.